The van der Waals surface area contributed by atoms with E-state index in [2.05, 4.69) is 34.3 Å². The van der Waals surface area contributed by atoms with Gasteiger partial charge in [-0.05, 0) is 26.1 Å². The lowest BCUT2D eigenvalue weighted by molar-refractivity contribution is 0.750. The smallest absolute Gasteiger partial charge is 0.161 e. The third-order valence-corrected chi connectivity index (χ3v) is 4.22. The summed E-state index contributed by atoms with van der Waals surface area (Å²) in [4.78, 5) is 9.17. The molecule has 1 aliphatic rings. The summed E-state index contributed by atoms with van der Waals surface area (Å²) in [6, 6.07) is 8.62. The monoisotopic (exact) mass is 292 g/mol. The third kappa shape index (κ3) is 3.08. The standard InChI is InChI=1S/C17H21BN4/c1-11-6-8-12(9-7-11)16-21-14(10-18)15(19)17(22-16)20-13-4-2-3-5-13/h6-9,13H,2-5,10,19H2,1H3,(H,20,21,22). The van der Waals surface area contributed by atoms with Gasteiger partial charge < -0.3 is 11.1 Å². The van der Waals surface area contributed by atoms with Crippen molar-refractivity contribution < 1.29 is 0 Å². The van der Waals surface area contributed by atoms with Gasteiger partial charge in [0.15, 0.2) is 11.6 Å². The molecule has 1 heterocycles. The molecule has 0 atom stereocenters. The van der Waals surface area contributed by atoms with E-state index < -0.39 is 0 Å². The molecule has 5 heteroatoms. The van der Waals surface area contributed by atoms with Crippen LogP contribution in [0.2, 0.25) is 0 Å². The van der Waals surface area contributed by atoms with E-state index in [-0.39, 0.29) is 0 Å². The van der Waals surface area contributed by atoms with Crippen molar-refractivity contribution in [1.29, 1.82) is 0 Å². The number of hydrogen-bond donors (Lipinski definition) is 2. The van der Waals surface area contributed by atoms with Crippen molar-refractivity contribution >= 4 is 19.4 Å². The van der Waals surface area contributed by atoms with Crippen LogP contribution in [0.5, 0.6) is 0 Å². The van der Waals surface area contributed by atoms with E-state index in [0.29, 0.717) is 29.6 Å². The van der Waals surface area contributed by atoms with Crippen molar-refractivity contribution in [2.75, 3.05) is 11.1 Å². The molecule has 0 aliphatic heterocycles. The van der Waals surface area contributed by atoms with E-state index in [1.54, 1.807) is 0 Å². The summed E-state index contributed by atoms with van der Waals surface area (Å²) < 4.78 is 0. The molecule has 3 N–H and O–H groups in total. The van der Waals surface area contributed by atoms with E-state index in [0.717, 1.165) is 11.4 Å². The number of anilines is 2. The molecule has 1 aromatic heterocycles. The Hall–Kier alpha value is -2.04. The number of aryl methyl sites for hydroxylation is 1. The molecule has 2 aromatic rings. The third-order valence-electron chi connectivity index (χ3n) is 4.22. The molecule has 0 amide bonds. The molecule has 0 unspecified atom stereocenters. The average Bonchev–Trinajstić information content (AvgIpc) is 3.03. The highest BCUT2D eigenvalue weighted by atomic mass is 15.1. The van der Waals surface area contributed by atoms with Crippen LogP contribution in [0.4, 0.5) is 11.5 Å². The fraction of sp³-hybridized carbons (Fsp3) is 0.412. The van der Waals surface area contributed by atoms with Gasteiger partial charge in [-0.15, -0.1) is 0 Å². The second kappa shape index (κ2) is 6.38. The molecule has 22 heavy (non-hydrogen) atoms. The predicted octanol–water partition coefficient (Wildman–Crippen LogP) is 3.06. The van der Waals surface area contributed by atoms with Gasteiger partial charge in [-0.1, -0.05) is 42.7 Å². The number of hydrogen-bond acceptors (Lipinski definition) is 4. The number of aromatic nitrogens is 2. The molecule has 112 valence electrons. The van der Waals surface area contributed by atoms with Crippen LogP contribution in [0.15, 0.2) is 24.3 Å². The molecule has 1 aliphatic carbocycles. The lowest BCUT2D eigenvalue weighted by atomic mass is 10.00. The number of benzene rings is 1. The number of nitrogens with one attached hydrogen (secondary N) is 1. The van der Waals surface area contributed by atoms with Crippen molar-refractivity contribution in [3.63, 3.8) is 0 Å². The predicted molar refractivity (Wildman–Crippen MR) is 92.0 cm³/mol. The van der Waals surface area contributed by atoms with E-state index >= 15 is 0 Å². The normalized spacial score (nSPS) is 15.1. The van der Waals surface area contributed by atoms with Gasteiger partial charge in [0.1, 0.15) is 0 Å². The first-order chi connectivity index (χ1) is 10.7. The summed E-state index contributed by atoms with van der Waals surface area (Å²) >= 11 is 0. The van der Waals surface area contributed by atoms with E-state index in [1.807, 2.05) is 12.1 Å². The van der Waals surface area contributed by atoms with Crippen molar-refractivity contribution in [2.45, 2.75) is 45.0 Å². The summed E-state index contributed by atoms with van der Waals surface area (Å²) in [6.07, 6.45) is 5.17. The Morgan fingerprint density at radius 3 is 2.50 bits per heavy atom. The maximum atomic E-state index is 6.18. The van der Waals surface area contributed by atoms with Crippen molar-refractivity contribution in [1.82, 2.24) is 9.97 Å². The highest BCUT2D eigenvalue weighted by Gasteiger charge is 2.18. The second-order valence-corrected chi connectivity index (χ2v) is 5.95. The minimum atomic E-state index is 0.312. The zero-order valence-corrected chi connectivity index (χ0v) is 13.0. The van der Waals surface area contributed by atoms with E-state index in [4.69, 9.17) is 13.6 Å². The highest BCUT2D eigenvalue weighted by molar-refractivity contribution is 6.08. The molecule has 1 aromatic carbocycles. The van der Waals surface area contributed by atoms with Gasteiger partial charge in [-0.25, -0.2) is 9.97 Å². The van der Waals surface area contributed by atoms with Crippen molar-refractivity contribution in [3.8, 4) is 11.4 Å². The van der Waals surface area contributed by atoms with Crippen LogP contribution in [0.25, 0.3) is 11.4 Å². The lowest BCUT2D eigenvalue weighted by Gasteiger charge is -2.17. The highest BCUT2D eigenvalue weighted by Crippen LogP contribution is 2.28. The Labute approximate surface area is 133 Å². The number of rotatable bonds is 4. The molecule has 4 nitrogen and oxygen atoms in total. The fourth-order valence-electron chi connectivity index (χ4n) is 2.88. The molecule has 1 saturated carbocycles. The van der Waals surface area contributed by atoms with Gasteiger partial charge >= 0.3 is 0 Å². The average molecular weight is 292 g/mol. The Morgan fingerprint density at radius 1 is 1.18 bits per heavy atom. The quantitative estimate of drug-likeness (QED) is 0.850. The van der Waals surface area contributed by atoms with Crippen LogP contribution < -0.4 is 11.1 Å². The number of nitrogen functional groups attached to an aromatic ring is 1. The Morgan fingerprint density at radius 2 is 1.86 bits per heavy atom. The van der Waals surface area contributed by atoms with Crippen LogP contribution in [0, 0.1) is 6.92 Å². The van der Waals surface area contributed by atoms with Gasteiger partial charge in [0.2, 0.25) is 0 Å². The van der Waals surface area contributed by atoms with Gasteiger partial charge in [-0.2, -0.15) is 0 Å². The first kappa shape index (κ1) is 14.9. The maximum absolute atomic E-state index is 6.18. The zero-order chi connectivity index (χ0) is 15.5. The van der Waals surface area contributed by atoms with Crippen LogP contribution >= 0.6 is 0 Å². The molecule has 0 saturated heterocycles. The summed E-state index contributed by atoms with van der Waals surface area (Å²) in [7, 11) is 5.80. The first-order valence-corrected chi connectivity index (χ1v) is 7.87. The van der Waals surface area contributed by atoms with Gasteiger partial charge in [0, 0.05) is 11.6 Å². The molecule has 2 radical (unpaired) electrons. The van der Waals surface area contributed by atoms with Crippen molar-refractivity contribution in [2.24, 2.45) is 0 Å². The van der Waals surface area contributed by atoms with Gasteiger partial charge in [0.05, 0.1) is 19.2 Å². The van der Waals surface area contributed by atoms with Gasteiger partial charge in [0.25, 0.3) is 0 Å². The summed E-state index contributed by atoms with van der Waals surface area (Å²) in [5, 5.41) is 3.47. The fourth-order valence-corrected chi connectivity index (χ4v) is 2.88. The van der Waals surface area contributed by atoms with Crippen LogP contribution in [0.3, 0.4) is 0 Å². The van der Waals surface area contributed by atoms with E-state index in [9.17, 15) is 0 Å². The minimum absolute atomic E-state index is 0.312. The number of nitrogens with zero attached hydrogens (tertiary/aromatic N) is 2. The van der Waals surface area contributed by atoms with E-state index in [1.165, 1.54) is 31.2 Å². The lowest BCUT2D eigenvalue weighted by Crippen LogP contribution is -2.18. The second-order valence-electron chi connectivity index (χ2n) is 5.95. The topological polar surface area (TPSA) is 63.8 Å². The van der Waals surface area contributed by atoms with Crippen LogP contribution in [-0.2, 0) is 6.32 Å². The van der Waals surface area contributed by atoms with Crippen LogP contribution in [-0.4, -0.2) is 23.9 Å². The summed E-state index contributed by atoms with van der Waals surface area (Å²) in [6.45, 7) is 2.06. The van der Waals surface area contributed by atoms with Gasteiger partial charge in [-0.3, -0.25) is 0 Å². The maximum Gasteiger partial charge on any atom is 0.161 e. The van der Waals surface area contributed by atoms with Crippen molar-refractivity contribution in [3.05, 3.63) is 35.5 Å². The molecule has 0 bridgehead atoms. The largest absolute Gasteiger partial charge is 0.394 e. The Bertz CT molecular complexity index is 648. The first-order valence-electron chi connectivity index (χ1n) is 7.87. The zero-order valence-electron chi connectivity index (χ0n) is 13.0. The molecular weight excluding hydrogens is 271 g/mol. The Balaban J connectivity index is 1.97. The molecule has 0 spiro atoms. The number of nitrogens with two attached hydrogens (primary N) is 1. The molecule has 1 fully saturated rings. The van der Waals surface area contributed by atoms with Crippen LogP contribution in [0.1, 0.15) is 36.9 Å². The summed E-state index contributed by atoms with van der Waals surface area (Å²) in [5.41, 5.74) is 9.64. The SMILES string of the molecule is [B]Cc1nc(-c2ccc(C)cc2)nc(NC2CCCC2)c1N. The molecule has 3 rings (SSSR count). The minimum Gasteiger partial charge on any atom is -0.394 e. The summed E-state index contributed by atoms with van der Waals surface area (Å²) in [5.74, 6) is 1.40. The molecular formula is C17H21BN4. The Kier molecular flexibility index (Phi) is 4.32.